The Labute approximate surface area is 332 Å². The molecule has 4 heterocycles. The van der Waals surface area contributed by atoms with Gasteiger partial charge in [0.15, 0.2) is 5.82 Å². The summed E-state index contributed by atoms with van der Waals surface area (Å²) in [4.78, 5) is 51.2. The van der Waals surface area contributed by atoms with Gasteiger partial charge in [0.1, 0.15) is 5.78 Å². The van der Waals surface area contributed by atoms with E-state index in [2.05, 4.69) is 61.1 Å². The van der Waals surface area contributed by atoms with Gasteiger partial charge in [-0.3, -0.25) is 14.5 Å². The number of carbonyl (C=O) groups excluding carboxylic acids is 2. The Kier molecular flexibility index (Phi) is 12.2. The zero-order valence-electron chi connectivity index (χ0n) is 32.7. The number of amides is 1. The number of anilines is 2. The lowest BCUT2D eigenvalue weighted by molar-refractivity contribution is -0.142. The van der Waals surface area contributed by atoms with Gasteiger partial charge in [-0.1, -0.05) is 69.8 Å². The van der Waals surface area contributed by atoms with Gasteiger partial charge < -0.3 is 31.1 Å². The molecule has 5 N–H and O–H groups in total. The van der Waals surface area contributed by atoms with E-state index in [4.69, 9.17) is 5.73 Å². The molecule has 0 radical (unpaired) electrons. The first kappa shape index (κ1) is 40.5. The van der Waals surface area contributed by atoms with Gasteiger partial charge in [0.2, 0.25) is 5.91 Å². The second-order valence-electron chi connectivity index (χ2n) is 16.0. The quantitative estimate of drug-likeness (QED) is 0.136. The van der Waals surface area contributed by atoms with E-state index in [1.165, 1.54) is 6.07 Å². The van der Waals surface area contributed by atoms with E-state index in [1.807, 2.05) is 40.1 Å². The lowest BCUT2D eigenvalue weighted by Crippen LogP contribution is -2.49. The van der Waals surface area contributed by atoms with Crippen molar-refractivity contribution in [1.82, 2.24) is 30.3 Å². The Morgan fingerprint density at radius 1 is 1.05 bits per heavy atom. The first-order valence-corrected chi connectivity index (χ1v) is 19.9. The number of benzene rings is 2. The third kappa shape index (κ3) is 9.09. The van der Waals surface area contributed by atoms with Crippen LogP contribution in [0.15, 0.2) is 72.4 Å². The highest BCUT2D eigenvalue weighted by molar-refractivity contribution is 7.13. The van der Waals surface area contributed by atoms with Crippen LogP contribution in [-0.4, -0.2) is 104 Å². The number of carbonyl (C=O) groups is 3. The van der Waals surface area contributed by atoms with Crippen molar-refractivity contribution in [3.63, 3.8) is 0 Å². The van der Waals surface area contributed by atoms with Crippen LogP contribution >= 0.6 is 11.3 Å². The summed E-state index contributed by atoms with van der Waals surface area (Å²) in [7, 11) is 0. The maximum absolute atomic E-state index is 14.3. The highest BCUT2D eigenvalue weighted by Crippen LogP contribution is 2.36. The molecule has 2 aliphatic heterocycles. The number of aryl methyl sites for hydroxylation is 1. The van der Waals surface area contributed by atoms with Crippen molar-refractivity contribution in [2.45, 2.75) is 65.6 Å². The maximum Gasteiger partial charge on any atom is 0.336 e. The molecule has 4 atom stereocenters. The van der Waals surface area contributed by atoms with Crippen LogP contribution in [-0.2, 0) is 9.59 Å². The predicted molar refractivity (Wildman–Crippen MR) is 219 cm³/mol. The van der Waals surface area contributed by atoms with Gasteiger partial charge in [-0.25, -0.2) is 9.78 Å². The monoisotopic (exact) mass is 780 g/mol. The second-order valence-corrected chi connectivity index (χ2v) is 16.8. The lowest BCUT2D eigenvalue weighted by Gasteiger charge is -2.38. The number of hydrogen-bond donors (Lipinski definition) is 4. The minimum Gasteiger partial charge on any atom is -0.478 e. The molecule has 6 rings (SSSR count). The first-order valence-electron chi connectivity index (χ1n) is 19.0. The Bertz CT molecular complexity index is 2070. The summed E-state index contributed by atoms with van der Waals surface area (Å²) in [6, 6.07) is 16.2. The summed E-state index contributed by atoms with van der Waals surface area (Å²) in [6.07, 6.45) is -0.245. The number of aromatic nitrogens is 3. The summed E-state index contributed by atoms with van der Waals surface area (Å²) in [5.41, 5.74) is 13.1. The molecular formula is C42H52N8O5S. The molecule has 2 aromatic heterocycles. The molecule has 2 fully saturated rings. The van der Waals surface area contributed by atoms with Crippen molar-refractivity contribution in [2.24, 2.45) is 11.3 Å². The summed E-state index contributed by atoms with van der Waals surface area (Å²) in [5.74, 6) is -1.58. The number of rotatable bonds is 13. The van der Waals surface area contributed by atoms with Gasteiger partial charge in [-0.05, 0) is 42.5 Å². The molecular weight excluding hydrogens is 729 g/mol. The van der Waals surface area contributed by atoms with Crippen molar-refractivity contribution in [3.8, 4) is 21.7 Å². The van der Waals surface area contributed by atoms with Crippen LogP contribution in [0.1, 0.15) is 68.2 Å². The number of β-amino-alcohol motifs (C(OH)–C–C–N with tert-alkyl or cyclic N) is 1. The second kappa shape index (κ2) is 16.9. The van der Waals surface area contributed by atoms with Crippen LogP contribution in [0.25, 0.3) is 21.7 Å². The summed E-state index contributed by atoms with van der Waals surface area (Å²) in [5, 5.41) is 32.3. The van der Waals surface area contributed by atoms with Crippen LogP contribution in [0.5, 0.6) is 0 Å². The molecule has 2 saturated heterocycles. The molecule has 296 valence electrons. The van der Waals surface area contributed by atoms with Gasteiger partial charge in [-0.2, -0.15) is 0 Å². The smallest absolute Gasteiger partial charge is 0.336 e. The highest BCUT2D eigenvalue weighted by Gasteiger charge is 2.43. The fourth-order valence-electron chi connectivity index (χ4n) is 7.67. The van der Waals surface area contributed by atoms with Gasteiger partial charge in [0.25, 0.3) is 0 Å². The Morgan fingerprint density at radius 3 is 2.39 bits per heavy atom. The van der Waals surface area contributed by atoms with Crippen molar-refractivity contribution < 1.29 is 24.6 Å². The van der Waals surface area contributed by atoms with E-state index < -0.39 is 29.4 Å². The van der Waals surface area contributed by atoms with Crippen molar-refractivity contribution in [3.05, 3.63) is 89.2 Å². The minimum absolute atomic E-state index is 0.0248. The number of aliphatic hydroxyl groups excluding tert-OH is 1. The molecule has 4 aromatic rings. The number of carboxylic acid groups (broad SMARTS) is 1. The number of nitrogen functional groups attached to an aromatic ring is 1. The van der Waals surface area contributed by atoms with E-state index >= 15 is 0 Å². The molecule has 14 heteroatoms. The number of thiazole rings is 1. The number of Topliss-reactive ketones (excluding diaryl/α,β-unsaturated/α-hetero) is 1. The largest absolute Gasteiger partial charge is 0.478 e. The SMILES string of the molecule is C=C(N[C@@H](C)c1ccc(-c2scnc2C)cc1)[C@@H]1C[C@@H](O)CN1C(=O)[C@@H](CC(=O)CN1CCN(c2cc(-c3ccccc3C(=O)O)nnc2N)CC1)C(C)(C)C. The Balaban J connectivity index is 1.06. The van der Waals surface area contributed by atoms with E-state index in [1.54, 1.807) is 40.5 Å². The van der Waals surface area contributed by atoms with Gasteiger partial charge in [0.05, 0.1) is 51.7 Å². The molecule has 0 saturated carbocycles. The number of aromatic carboxylic acids is 1. The first-order chi connectivity index (χ1) is 26.6. The van der Waals surface area contributed by atoms with Crippen molar-refractivity contribution in [1.29, 1.82) is 0 Å². The molecule has 1 amide bonds. The van der Waals surface area contributed by atoms with E-state index in [0.29, 0.717) is 55.2 Å². The number of nitrogens with one attached hydrogen (secondary N) is 1. The highest BCUT2D eigenvalue weighted by atomic mass is 32.1. The molecule has 56 heavy (non-hydrogen) atoms. The van der Waals surface area contributed by atoms with Crippen LogP contribution in [0, 0.1) is 18.3 Å². The van der Waals surface area contributed by atoms with Crippen LogP contribution in [0.4, 0.5) is 11.5 Å². The number of likely N-dealkylation sites (tertiary alicyclic amines) is 1. The molecule has 13 nitrogen and oxygen atoms in total. The normalized spacial score (nSPS) is 18.8. The van der Waals surface area contributed by atoms with Crippen molar-refractivity contribution in [2.75, 3.05) is 49.9 Å². The number of ketones is 1. The molecule has 2 aliphatic rings. The van der Waals surface area contributed by atoms with Crippen molar-refractivity contribution >= 4 is 40.5 Å². The summed E-state index contributed by atoms with van der Waals surface area (Å²) in [6.45, 7) is 17.0. The van der Waals surface area contributed by atoms with Crippen LogP contribution < -0.4 is 16.0 Å². The van der Waals surface area contributed by atoms with Gasteiger partial charge in [0, 0.05) is 68.8 Å². The third-order valence-corrected chi connectivity index (χ3v) is 11.9. The standard InChI is InChI=1S/C42H52N8O5S/c1-25(28-11-13-29(14-12-28)38-27(3)44-24-56-38)45-26(2)36-20-31(52)23-50(36)40(53)34(42(4,5)6)19-30(51)22-48-15-17-49(18-16-48)37-21-35(46-47-39(37)43)32-9-7-8-10-33(32)41(54)55/h7-14,21,24-25,31,34,36,45,52H,2,15-20,22-23H2,1,3-6H3,(H2,43,47)(H,54,55)/t25-,31+,34+,36-/m0/s1. The van der Waals surface area contributed by atoms with Crippen LogP contribution in [0.3, 0.4) is 0 Å². The molecule has 0 spiro atoms. The minimum atomic E-state index is -1.05. The summed E-state index contributed by atoms with van der Waals surface area (Å²) < 4.78 is 0. The predicted octanol–water partition coefficient (Wildman–Crippen LogP) is 5.43. The number of aliphatic hydroxyl groups is 1. The van der Waals surface area contributed by atoms with E-state index in [-0.39, 0.29) is 48.6 Å². The average molecular weight is 781 g/mol. The zero-order chi connectivity index (χ0) is 40.3. The van der Waals surface area contributed by atoms with E-state index in [0.717, 1.165) is 21.7 Å². The lowest BCUT2D eigenvalue weighted by atomic mass is 9.76. The zero-order valence-corrected chi connectivity index (χ0v) is 33.6. The fourth-order valence-corrected chi connectivity index (χ4v) is 8.48. The van der Waals surface area contributed by atoms with Gasteiger partial charge in [-0.15, -0.1) is 21.5 Å². The average Bonchev–Trinajstić information content (AvgIpc) is 3.79. The summed E-state index contributed by atoms with van der Waals surface area (Å²) >= 11 is 1.62. The third-order valence-electron chi connectivity index (χ3n) is 10.9. The number of nitrogens with zero attached hydrogens (tertiary/aromatic N) is 6. The molecule has 2 aromatic carbocycles. The Hall–Kier alpha value is -5.18. The molecule has 0 unspecified atom stereocenters. The topological polar surface area (TPSA) is 178 Å². The number of piperazine rings is 1. The fraction of sp³-hybridized carbons (Fsp3) is 0.429. The molecule has 0 bridgehead atoms. The number of carboxylic acids is 1. The number of nitrogens with two attached hydrogens (primary N) is 1. The van der Waals surface area contributed by atoms with E-state index in [9.17, 15) is 24.6 Å². The molecule has 0 aliphatic carbocycles. The maximum atomic E-state index is 14.3. The van der Waals surface area contributed by atoms with Gasteiger partial charge >= 0.3 is 5.97 Å². The number of hydrogen-bond acceptors (Lipinski definition) is 12. The Morgan fingerprint density at radius 2 is 1.75 bits per heavy atom. The van der Waals surface area contributed by atoms with Crippen LogP contribution in [0.2, 0.25) is 0 Å².